The molecule has 0 aromatic carbocycles. The van der Waals surface area contributed by atoms with Gasteiger partial charge in [0.2, 0.25) is 11.8 Å². The van der Waals surface area contributed by atoms with E-state index in [9.17, 15) is 13.6 Å². The maximum Gasteiger partial charge on any atom is 0.255 e. The lowest BCUT2D eigenvalue weighted by molar-refractivity contribution is -0.135. The SMILES string of the molecule is Cc1ncc(CC(=O)NC2CCC(CCN3CCc4ccc(OC5CC(F)(F)C5)nc4CC3)CC2)s1. The highest BCUT2D eigenvalue weighted by molar-refractivity contribution is 7.11. The molecule has 1 N–H and O–H groups in total. The lowest BCUT2D eigenvalue weighted by atomic mass is 9.84. The fourth-order valence-electron chi connectivity index (χ4n) is 5.64. The van der Waals surface area contributed by atoms with Crippen LogP contribution in [-0.2, 0) is 24.1 Å². The van der Waals surface area contributed by atoms with Crippen molar-refractivity contribution in [3.63, 3.8) is 0 Å². The number of ether oxygens (including phenoxy) is 1. The molecule has 1 amide bonds. The number of nitrogens with one attached hydrogen (secondary N) is 1. The van der Waals surface area contributed by atoms with E-state index in [4.69, 9.17) is 4.74 Å². The van der Waals surface area contributed by atoms with Gasteiger partial charge in [-0.05, 0) is 63.5 Å². The normalized spacial score (nSPS) is 24.4. The highest BCUT2D eigenvalue weighted by atomic mass is 32.1. The van der Waals surface area contributed by atoms with Crippen molar-refractivity contribution >= 4 is 17.2 Å². The van der Waals surface area contributed by atoms with Crippen LogP contribution in [0.15, 0.2) is 18.3 Å². The van der Waals surface area contributed by atoms with E-state index in [1.165, 1.54) is 24.8 Å². The van der Waals surface area contributed by atoms with E-state index in [1.54, 1.807) is 17.5 Å². The van der Waals surface area contributed by atoms with Crippen LogP contribution in [0.1, 0.15) is 66.1 Å². The third kappa shape index (κ3) is 6.79. The minimum atomic E-state index is -2.58. The Bertz CT molecular complexity index is 1050. The number of hydrogen-bond donors (Lipinski definition) is 1. The Morgan fingerprint density at radius 1 is 1.19 bits per heavy atom. The fourth-order valence-corrected chi connectivity index (χ4v) is 6.44. The lowest BCUT2D eigenvalue weighted by Crippen LogP contribution is -2.43. The maximum atomic E-state index is 13.1. The zero-order valence-corrected chi connectivity index (χ0v) is 21.8. The van der Waals surface area contributed by atoms with Crippen LogP contribution in [0.25, 0.3) is 0 Å². The molecule has 3 aliphatic rings. The largest absolute Gasteiger partial charge is 0.474 e. The predicted octanol–water partition coefficient (Wildman–Crippen LogP) is 4.73. The van der Waals surface area contributed by atoms with E-state index in [0.717, 1.165) is 60.9 Å². The van der Waals surface area contributed by atoms with Crippen molar-refractivity contribution in [2.24, 2.45) is 5.92 Å². The molecule has 2 aliphatic carbocycles. The van der Waals surface area contributed by atoms with Gasteiger partial charge in [0.1, 0.15) is 6.10 Å². The maximum absolute atomic E-state index is 13.1. The number of thiazole rings is 1. The Labute approximate surface area is 215 Å². The van der Waals surface area contributed by atoms with Crippen LogP contribution < -0.4 is 10.1 Å². The van der Waals surface area contributed by atoms with Crippen LogP contribution in [0.3, 0.4) is 0 Å². The van der Waals surface area contributed by atoms with Gasteiger partial charge >= 0.3 is 0 Å². The highest BCUT2D eigenvalue weighted by Gasteiger charge is 2.47. The third-order valence-electron chi connectivity index (χ3n) is 7.81. The summed E-state index contributed by atoms with van der Waals surface area (Å²) in [7, 11) is 0. The number of nitrogens with zero attached hydrogens (tertiary/aromatic N) is 3. The molecule has 0 spiro atoms. The van der Waals surface area contributed by atoms with Crippen molar-refractivity contribution < 1.29 is 18.3 Å². The molecule has 0 bridgehead atoms. The number of halogens is 2. The Morgan fingerprint density at radius 2 is 1.97 bits per heavy atom. The van der Waals surface area contributed by atoms with Crippen molar-refractivity contribution in [3.05, 3.63) is 39.5 Å². The zero-order chi connectivity index (χ0) is 25.1. The number of rotatable bonds is 8. The van der Waals surface area contributed by atoms with Gasteiger partial charge in [0.15, 0.2) is 0 Å². The second-order valence-corrected chi connectivity index (χ2v) is 12.0. The second-order valence-electron chi connectivity index (χ2n) is 10.7. The van der Waals surface area contributed by atoms with Gasteiger partial charge in [-0.3, -0.25) is 4.79 Å². The van der Waals surface area contributed by atoms with Crippen LogP contribution in [0.5, 0.6) is 5.88 Å². The minimum absolute atomic E-state index is 0.110. The zero-order valence-electron chi connectivity index (χ0n) is 21.0. The third-order valence-corrected chi connectivity index (χ3v) is 8.73. The van der Waals surface area contributed by atoms with Crippen molar-refractivity contribution in [1.82, 2.24) is 20.2 Å². The lowest BCUT2D eigenvalue weighted by Gasteiger charge is -2.34. The van der Waals surface area contributed by atoms with E-state index in [-0.39, 0.29) is 18.7 Å². The van der Waals surface area contributed by atoms with E-state index in [2.05, 4.69) is 26.3 Å². The molecule has 2 saturated carbocycles. The molecule has 36 heavy (non-hydrogen) atoms. The first kappa shape index (κ1) is 25.5. The van der Waals surface area contributed by atoms with E-state index < -0.39 is 12.0 Å². The number of pyridine rings is 1. The summed E-state index contributed by atoms with van der Waals surface area (Å²) >= 11 is 1.59. The fraction of sp³-hybridized carbons (Fsp3) is 0.667. The molecular weight excluding hydrogens is 482 g/mol. The Balaban J connectivity index is 1.01. The topological polar surface area (TPSA) is 67.4 Å². The van der Waals surface area contributed by atoms with Crippen molar-refractivity contribution in [1.29, 1.82) is 0 Å². The first-order valence-electron chi connectivity index (χ1n) is 13.3. The molecule has 9 heteroatoms. The number of hydrogen-bond acceptors (Lipinski definition) is 6. The summed E-state index contributed by atoms with van der Waals surface area (Å²) < 4.78 is 31.9. The minimum Gasteiger partial charge on any atom is -0.474 e. The van der Waals surface area contributed by atoms with Crippen LogP contribution in [0, 0.1) is 12.8 Å². The van der Waals surface area contributed by atoms with E-state index in [1.807, 2.05) is 13.0 Å². The molecule has 5 rings (SSSR count). The van der Waals surface area contributed by atoms with Crippen LogP contribution in [0.4, 0.5) is 8.78 Å². The highest BCUT2D eigenvalue weighted by Crippen LogP contribution is 2.39. The number of carbonyl (C=O) groups is 1. The molecule has 2 fully saturated rings. The van der Waals surface area contributed by atoms with Gasteiger partial charge in [-0.25, -0.2) is 18.7 Å². The van der Waals surface area contributed by atoms with Gasteiger partial charge in [-0.1, -0.05) is 6.07 Å². The summed E-state index contributed by atoms with van der Waals surface area (Å²) in [6, 6.07) is 4.19. The Hall–Kier alpha value is -2.13. The van der Waals surface area contributed by atoms with E-state index >= 15 is 0 Å². The van der Waals surface area contributed by atoms with Crippen molar-refractivity contribution in [3.8, 4) is 5.88 Å². The standard InChI is InChI=1S/C27H36F2N4O2S/c1-18-30-17-23(36-18)14-25(34)31-21-5-2-19(3-6-21)8-11-33-12-9-20-4-7-26(32-24(20)10-13-33)35-22-15-27(28,29)16-22/h4,7,17,19,21-22H,2-3,5-6,8-16H2,1H3,(H,31,34). The molecule has 2 aromatic heterocycles. The second kappa shape index (κ2) is 11.1. The molecule has 196 valence electrons. The number of fused-ring (bicyclic) bond motifs is 1. The smallest absolute Gasteiger partial charge is 0.255 e. The quantitative estimate of drug-likeness (QED) is 0.547. The van der Waals surface area contributed by atoms with Gasteiger partial charge in [-0.2, -0.15) is 0 Å². The van der Waals surface area contributed by atoms with Gasteiger partial charge in [-0.15, -0.1) is 11.3 Å². The molecule has 2 aromatic rings. The summed E-state index contributed by atoms with van der Waals surface area (Å²) in [6.45, 7) is 5.03. The first-order valence-corrected chi connectivity index (χ1v) is 14.1. The molecular formula is C27H36F2N4O2S. The molecule has 0 unspecified atom stereocenters. The monoisotopic (exact) mass is 518 g/mol. The van der Waals surface area contributed by atoms with Crippen molar-refractivity contribution in [2.45, 2.75) is 89.2 Å². The summed E-state index contributed by atoms with van der Waals surface area (Å²) in [5.74, 6) is -1.27. The van der Waals surface area contributed by atoms with Gasteiger partial charge in [0, 0.05) is 61.2 Å². The van der Waals surface area contributed by atoms with Crippen LogP contribution in [-0.4, -0.2) is 58.5 Å². The summed E-state index contributed by atoms with van der Waals surface area (Å²) in [5.41, 5.74) is 2.29. The number of aromatic nitrogens is 2. The number of alkyl halides is 2. The summed E-state index contributed by atoms with van der Waals surface area (Å²) in [4.78, 5) is 24.8. The molecule has 0 atom stereocenters. The summed E-state index contributed by atoms with van der Waals surface area (Å²) in [5, 5.41) is 4.22. The predicted molar refractivity (Wildman–Crippen MR) is 136 cm³/mol. The van der Waals surface area contributed by atoms with Gasteiger partial charge in [0.05, 0.1) is 11.4 Å². The van der Waals surface area contributed by atoms with E-state index in [0.29, 0.717) is 24.3 Å². The molecule has 3 heterocycles. The Kier molecular flexibility index (Phi) is 7.86. The van der Waals surface area contributed by atoms with Crippen LogP contribution in [0.2, 0.25) is 0 Å². The first-order chi connectivity index (χ1) is 17.3. The Morgan fingerprint density at radius 3 is 2.69 bits per heavy atom. The summed E-state index contributed by atoms with van der Waals surface area (Å²) in [6.07, 6.45) is 8.87. The molecule has 1 aliphatic heterocycles. The average molecular weight is 519 g/mol. The molecule has 0 saturated heterocycles. The molecule has 0 radical (unpaired) electrons. The van der Waals surface area contributed by atoms with Crippen LogP contribution >= 0.6 is 11.3 Å². The molecule has 6 nitrogen and oxygen atoms in total. The number of carbonyl (C=O) groups excluding carboxylic acids is 1. The average Bonchev–Trinajstić information content (AvgIpc) is 3.11. The number of aryl methyl sites for hydroxylation is 1. The van der Waals surface area contributed by atoms with Gasteiger partial charge < -0.3 is 15.0 Å². The van der Waals surface area contributed by atoms with Crippen molar-refractivity contribution in [2.75, 3.05) is 19.6 Å². The number of amides is 1. The van der Waals surface area contributed by atoms with Gasteiger partial charge in [0.25, 0.3) is 5.92 Å².